The number of hydrogen-bond donors (Lipinski definition) is 2. The van der Waals surface area contributed by atoms with Crippen molar-refractivity contribution >= 4 is 29.3 Å². The SMILES string of the molecule is CC(C)(C)OC(=O)NNCCCC[PH](c1ccccc1)(c1ccccc1)c1ccccc1. The summed E-state index contributed by atoms with van der Waals surface area (Å²) in [6, 6.07) is 32.9. The van der Waals surface area contributed by atoms with Crippen molar-refractivity contribution in [3.8, 4) is 0 Å². The third kappa shape index (κ3) is 6.41. The van der Waals surface area contributed by atoms with Crippen LogP contribution in [0.2, 0.25) is 0 Å². The van der Waals surface area contributed by atoms with Gasteiger partial charge in [-0.3, -0.25) is 0 Å². The first-order valence-electron chi connectivity index (χ1n) is 11.3. The van der Waals surface area contributed by atoms with Crippen LogP contribution in [0.15, 0.2) is 91.0 Å². The Morgan fingerprint density at radius 3 is 1.59 bits per heavy atom. The molecule has 2 N–H and O–H groups in total. The van der Waals surface area contributed by atoms with E-state index in [4.69, 9.17) is 4.74 Å². The second-order valence-corrected chi connectivity index (χ2v) is 13.1. The van der Waals surface area contributed by atoms with Gasteiger partial charge in [0.25, 0.3) is 0 Å². The molecule has 0 atom stereocenters. The van der Waals surface area contributed by atoms with Crippen LogP contribution in [0, 0.1) is 0 Å². The third-order valence-electron chi connectivity index (χ3n) is 5.49. The zero-order chi connectivity index (χ0) is 22.9. The minimum absolute atomic E-state index is 0.445. The van der Waals surface area contributed by atoms with E-state index in [1.807, 2.05) is 20.8 Å². The van der Waals surface area contributed by atoms with E-state index in [9.17, 15) is 4.79 Å². The first-order chi connectivity index (χ1) is 15.4. The number of ether oxygens (including phenoxy) is 1. The Hall–Kier alpha value is -2.68. The molecule has 0 saturated heterocycles. The predicted octanol–water partition coefficient (Wildman–Crippen LogP) is 4.52. The van der Waals surface area contributed by atoms with E-state index in [0.717, 1.165) is 19.0 Å². The number of nitrogens with one attached hydrogen (secondary N) is 2. The van der Waals surface area contributed by atoms with Gasteiger partial charge in [0.15, 0.2) is 0 Å². The van der Waals surface area contributed by atoms with Gasteiger partial charge in [0, 0.05) is 0 Å². The Bertz CT molecular complexity index is 861. The van der Waals surface area contributed by atoms with Crippen LogP contribution in [0.25, 0.3) is 0 Å². The Balaban J connectivity index is 1.75. The molecule has 0 aromatic heterocycles. The number of rotatable bonds is 9. The second kappa shape index (κ2) is 11.3. The normalized spacial score (nSPS) is 12.2. The molecule has 0 aliphatic rings. The molecule has 0 saturated carbocycles. The molecule has 5 heteroatoms. The van der Waals surface area contributed by atoms with Crippen molar-refractivity contribution in [3.63, 3.8) is 0 Å². The Labute approximate surface area is 192 Å². The molecule has 3 rings (SSSR count). The van der Waals surface area contributed by atoms with Crippen LogP contribution in [0.5, 0.6) is 0 Å². The Morgan fingerprint density at radius 1 is 0.750 bits per heavy atom. The Morgan fingerprint density at radius 2 is 1.19 bits per heavy atom. The molecule has 3 aromatic carbocycles. The van der Waals surface area contributed by atoms with Gasteiger partial charge in [-0.25, -0.2) is 0 Å². The summed E-state index contributed by atoms with van der Waals surface area (Å²) in [4.78, 5) is 11.8. The molecule has 0 radical (unpaired) electrons. The summed E-state index contributed by atoms with van der Waals surface area (Å²) in [6.45, 7) is 6.26. The van der Waals surface area contributed by atoms with Crippen LogP contribution in [0.3, 0.4) is 0 Å². The summed E-state index contributed by atoms with van der Waals surface area (Å²) in [7, 11) is -2.18. The zero-order valence-electron chi connectivity index (χ0n) is 19.3. The summed E-state index contributed by atoms with van der Waals surface area (Å²) in [5, 5.41) is 4.28. The summed E-state index contributed by atoms with van der Waals surface area (Å²) in [5.41, 5.74) is 5.13. The first-order valence-corrected chi connectivity index (χ1v) is 13.5. The van der Waals surface area contributed by atoms with Gasteiger partial charge in [-0.05, 0) is 0 Å². The molecule has 170 valence electrons. The summed E-state index contributed by atoms with van der Waals surface area (Å²) < 4.78 is 5.27. The van der Waals surface area contributed by atoms with Crippen molar-refractivity contribution in [1.82, 2.24) is 10.9 Å². The van der Waals surface area contributed by atoms with Gasteiger partial charge in [0.1, 0.15) is 0 Å². The molecule has 4 nitrogen and oxygen atoms in total. The number of benzene rings is 3. The summed E-state index contributed by atoms with van der Waals surface area (Å²) >= 11 is 0. The predicted molar refractivity (Wildman–Crippen MR) is 138 cm³/mol. The van der Waals surface area contributed by atoms with Crippen molar-refractivity contribution in [2.45, 2.75) is 39.2 Å². The van der Waals surface area contributed by atoms with Crippen LogP contribution in [0.4, 0.5) is 4.79 Å². The van der Waals surface area contributed by atoms with Crippen molar-refractivity contribution in [2.24, 2.45) is 0 Å². The van der Waals surface area contributed by atoms with Gasteiger partial charge in [0.2, 0.25) is 0 Å². The molecule has 1 amide bonds. The molecule has 0 heterocycles. The molecular weight excluding hydrogens is 415 g/mol. The standard InChI is InChI=1S/C27H35N2O2P/c1-27(2,3)31-26(30)29-28-21-13-14-22-32(23-15-7-4-8-16-23,24-17-9-5-10-18-24)25-19-11-6-12-20-25/h4-12,15-20,28,32H,13-14,21-22H2,1-3H3,(H,29,30). The number of amides is 1. The molecule has 32 heavy (non-hydrogen) atoms. The number of unbranched alkanes of at least 4 members (excludes halogenated alkanes) is 1. The molecule has 0 fully saturated rings. The fourth-order valence-electron chi connectivity index (χ4n) is 4.14. The number of carbonyl (C=O) groups excluding carboxylic acids is 1. The van der Waals surface area contributed by atoms with Crippen LogP contribution >= 0.6 is 7.26 Å². The minimum atomic E-state index is -2.18. The fraction of sp³-hybridized carbons (Fsp3) is 0.296. The topological polar surface area (TPSA) is 50.4 Å². The van der Waals surface area contributed by atoms with Crippen LogP contribution in [0.1, 0.15) is 33.6 Å². The maximum absolute atomic E-state index is 11.8. The van der Waals surface area contributed by atoms with Gasteiger partial charge in [-0.2, -0.15) is 0 Å². The van der Waals surface area contributed by atoms with Gasteiger partial charge in [-0.1, -0.05) is 0 Å². The number of hydrogen-bond acceptors (Lipinski definition) is 3. The van der Waals surface area contributed by atoms with Crippen molar-refractivity contribution in [1.29, 1.82) is 0 Å². The van der Waals surface area contributed by atoms with Gasteiger partial charge >= 0.3 is 193 Å². The van der Waals surface area contributed by atoms with Gasteiger partial charge in [0.05, 0.1) is 0 Å². The molecule has 0 aliphatic heterocycles. The molecule has 0 aliphatic carbocycles. The third-order valence-corrected chi connectivity index (χ3v) is 10.6. The van der Waals surface area contributed by atoms with E-state index in [0.29, 0.717) is 6.54 Å². The summed E-state index contributed by atoms with van der Waals surface area (Å²) in [6.07, 6.45) is 2.66. The van der Waals surface area contributed by atoms with Crippen LogP contribution in [-0.2, 0) is 4.74 Å². The van der Waals surface area contributed by atoms with E-state index < -0.39 is 19.0 Å². The van der Waals surface area contributed by atoms with E-state index in [1.54, 1.807) is 0 Å². The van der Waals surface area contributed by atoms with E-state index in [1.165, 1.54) is 15.9 Å². The Kier molecular flexibility index (Phi) is 8.44. The average Bonchev–Trinajstić information content (AvgIpc) is 2.79. The molecule has 0 bridgehead atoms. The fourth-order valence-corrected chi connectivity index (χ4v) is 9.07. The first kappa shape index (κ1) is 24.0. The van der Waals surface area contributed by atoms with Gasteiger partial charge < -0.3 is 0 Å². The molecule has 3 aromatic rings. The molecule has 0 spiro atoms. The second-order valence-electron chi connectivity index (χ2n) is 9.01. The molecule has 0 unspecified atom stereocenters. The molecular formula is C27H35N2O2P. The number of hydrazine groups is 1. The summed E-state index contributed by atoms with van der Waals surface area (Å²) in [5.74, 6) is 0. The number of carbonyl (C=O) groups is 1. The average molecular weight is 451 g/mol. The van der Waals surface area contributed by atoms with E-state index in [-0.39, 0.29) is 0 Å². The monoisotopic (exact) mass is 450 g/mol. The van der Waals surface area contributed by atoms with Crippen molar-refractivity contribution in [3.05, 3.63) is 91.0 Å². The zero-order valence-corrected chi connectivity index (χ0v) is 20.3. The van der Waals surface area contributed by atoms with Gasteiger partial charge in [-0.15, -0.1) is 0 Å². The van der Waals surface area contributed by atoms with Crippen molar-refractivity contribution in [2.75, 3.05) is 12.7 Å². The van der Waals surface area contributed by atoms with E-state index >= 15 is 0 Å². The quantitative estimate of drug-likeness (QED) is 0.286. The van der Waals surface area contributed by atoms with Crippen molar-refractivity contribution < 1.29 is 9.53 Å². The van der Waals surface area contributed by atoms with E-state index in [2.05, 4.69) is 102 Å². The maximum atomic E-state index is 11.8. The van der Waals surface area contributed by atoms with Crippen LogP contribution in [-0.4, -0.2) is 24.4 Å². The van der Waals surface area contributed by atoms with Crippen LogP contribution < -0.4 is 26.8 Å².